The number of hydrogen-bond donors (Lipinski definition) is 2. The predicted octanol–water partition coefficient (Wildman–Crippen LogP) is 3.28. The van der Waals surface area contributed by atoms with E-state index >= 15 is 0 Å². The van der Waals surface area contributed by atoms with Crippen LogP contribution in [0.25, 0.3) is 0 Å². The van der Waals surface area contributed by atoms with E-state index in [4.69, 9.17) is 0 Å². The molecular weight excluding hydrogens is 282 g/mol. The van der Waals surface area contributed by atoms with Crippen molar-refractivity contribution in [3.05, 3.63) is 35.4 Å². The monoisotopic (exact) mass is 309 g/mol. The van der Waals surface area contributed by atoms with Gasteiger partial charge in [-0.2, -0.15) is 11.8 Å². The lowest BCUT2D eigenvalue weighted by Crippen LogP contribution is -2.29. The van der Waals surface area contributed by atoms with Crippen molar-refractivity contribution in [3.63, 3.8) is 0 Å². The van der Waals surface area contributed by atoms with Gasteiger partial charge in [0.05, 0.1) is 6.10 Å². The molecule has 0 aliphatic heterocycles. The molecule has 2 atom stereocenters. The lowest BCUT2D eigenvalue weighted by atomic mass is 9.86. The third-order valence-electron chi connectivity index (χ3n) is 3.53. The molecule has 0 aromatic heterocycles. The minimum Gasteiger partial charge on any atom is -0.387 e. The fraction of sp³-hybridized carbons (Fsp3) is 0.588. The van der Waals surface area contributed by atoms with Crippen LogP contribution in [0.2, 0.25) is 0 Å². The van der Waals surface area contributed by atoms with Gasteiger partial charge in [0.2, 0.25) is 5.91 Å². The summed E-state index contributed by atoms with van der Waals surface area (Å²) in [6, 6.07) is 7.94. The van der Waals surface area contributed by atoms with E-state index in [9.17, 15) is 9.90 Å². The Morgan fingerprint density at radius 3 is 2.33 bits per heavy atom. The molecular formula is C17H27NO2S. The Kier molecular flexibility index (Phi) is 6.75. The number of aliphatic hydroxyl groups excluding tert-OH is 1. The van der Waals surface area contributed by atoms with Crippen LogP contribution in [0.4, 0.5) is 0 Å². The smallest absolute Gasteiger partial charge is 0.221 e. The van der Waals surface area contributed by atoms with Gasteiger partial charge in [0.15, 0.2) is 0 Å². The van der Waals surface area contributed by atoms with Crippen LogP contribution in [0.5, 0.6) is 0 Å². The summed E-state index contributed by atoms with van der Waals surface area (Å²) < 4.78 is 0. The average molecular weight is 309 g/mol. The number of nitrogens with one attached hydrogen (secondary N) is 1. The molecule has 2 unspecified atom stereocenters. The van der Waals surface area contributed by atoms with Crippen molar-refractivity contribution in [3.8, 4) is 0 Å². The van der Waals surface area contributed by atoms with E-state index in [-0.39, 0.29) is 17.9 Å². The summed E-state index contributed by atoms with van der Waals surface area (Å²) in [7, 11) is 0. The zero-order valence-electron chi connectivity index (χ0n) is 13.6. The first kappa shape index (κ1) is 18.1. The van der Waals surface area contributed by atoms with Crippen molar-refractivity contribution < 1.29 is 9.90 Å². The Bertz CT molecular complexity index is 451. The molecule has 0 aliphatic carbocycles. The number of hydrogen-bond acceptors (Lipinski definition) is 3. The van der Waals surface area contributed by atoms with Gasteiger partial charge in [-0.05, 0) is 22.8 Å². The SMILES string of the molecule is CSC(C)CC(=O)NCC(O)c1ccc(C(C)(C)C)cc1. The standard InChI is InChI=1S/C17H27NO2S/c1-12(21-5)10-16(20)18-11-15(19)13-6-8-14(9-7-13)17(2,3)4/h6-9,12,15,19H,10-11H2,1-5H3,(H,18,20). The Labute approximate surface area is 132 Å². The van der Waals surface area contributed by atoms with Crippen LogP contribution in [0.15, 0.2) is 24.3 Å². The highest BCUT2D eigenvalue weighted by molar-refractivity contribution is 7.99. The molecule has 118 valence electrons. The number of carbonyl (C=O) groups is 1. The molecule has 2 N–H and O–H groups in total. The van der Waals surface area contributed by atoms with E-state index in [0.29, 0.717) is 11.7 Å². The highest BCUT2D eigenvalue weighted by atomic mass is 32.2. The first-order chi connectivity index (χ1) is 9.74. The largest absolute Gasteiger partial charge is 0.387 e. The van der Waals surface area contributed by atoms with Crippen LogP contribution < -0.4 is 5.32 Å². The molecule has 1 aromatic carbocycles. The van der Waals surface area contributed by atoms with Gasteiger partial charge in [-0.25, -0.2) is 0 Å². The van der Waals surface area contributed by atoms with E-state index < -0.39 is 6.10 Å². The van der Waals surface area contributed by atoms with Crippen molar-refractivity contribution in [1.82, 2.24) is 5.32 Å². The maximum Gasteiger partial charge on any atom is 0.221 e. The van der Waals surface area contributed by atoms with E-state index in [1.807, 2.05) is 37.4 Å². The minimum atomic E-state index is -0.660. The molecule has 0 saturated carbocycles. The van der Waals surface area contributed by atoms with Crippen molar-refractivity contribution in [2.75, 3.05) is 12.8 Å². The van der Waals surface area contributed by atoms with E-state index in [1.54, 1.807) is 11.8 Å². The first-order valence-corrected chi connectivity index (χ1v) is 8.61. The lowest BCUT2D eigenvalue weighted by molar-refractivity contribution is -0.121. The molecule has 0 saturated heterocycles. The summed E-state index contributed by atoms with van der Waals surface area (Å²) in [6.07, 6.45) is 1.81. The number of carbonyl (C=O) groups excluding carboxylic acids is 1. The maximum absolute atomic E-state index is 11.7. The second-order valence-corrected chi connectivity index (χ2v) is 7.72. The number of rotatable bonds is 6. The Balaban J connectivity index is 2.52. The molecule has 0 fully saturated rings. The highest BCUT2D eigenvalue weighted by Crippen LogP contribution is 2.23. The molecule has 0 radical (unpaired) electrons. The van der Waals surface area contributed by atoms with Gasteiger partial charge in [0.25, 0.3) is 0 Å². The van der Waals surface area contributed by atoms with Gasteiger partial charge in [0, 0.05) is 18.2 Å². The van der Waals surface area contributed by atoms with Gasteiger partial charge in [-0.1, -0.05) is 52.0 Å². The van der Waals surface area contributed by atoms with Crippen LogP contribution in [0, 0.1) is 0 Å². The van der Waals surface area contributed by atoms with Crippen molar-refractivity contribution in [1.29, 1.82) is 0 Å². The van der Waals surface area contributed by atoms with E-state index in [2.05, 4.69) is 26.1 Å². The molecule has 0 aliphatic rings. The van der Waals surface area contributed by atoms with Crippen LogP contribution >= 0.6 is 11.8 Å². The molecule has 3 nitrogen and oxygen atoms in total. The topological polar surface area (TPSA) is 49.3 Å². The molecule has 0 bridgehead atoms. The van der Waals surface area contributed by atoms with Gasteiger partial charge in [0.1, 0.15) is 0 Å². The van der Waals surface area contributed by atoms with Crippen molar-refractivity contribution in [2.45, 2.75) is 50.9 Å². The molecule has 1 amide bonds. The van der Waals surface area contributed by atoms with Gasteiger partial charge in [-0.3, -0.25) is 4.79 Å². The number of aliphatic hydroxyl groups is 1. The fourth-order valence-electron chi connectivity index (χ4n) is 1.95. The number of amides is 1. The van der Waals surface area contributed by atoms with Gasteiger partial charge < -0.3 is 10.4 Å². The molecule has 21 heavy (non-hydrogen) atoms. The highest BCUT2D eigenvalue weighted by Gasteiger charge is 2.15. The van der Waals surface area contributed by atoms with Crippen molar-refractivity contribution in [2.24, 2.45) is 0 Å². The zero-order valence-corrected chi connectivity index (χ0v) is 14.5. The Morgan fingerprint density at radius 1 is 1.29 bits per heavy atom. The predicted molar refractivity (Wildman–Crippen MR) is 90.7 cm³/mol. The maximum atomic E-state index is 11.7. The Morgan fingerprint density at radius 2 is 1.86 bits per heavy atom. The molecule has 0 spiro atoms. The third-order valence-corrected chi connectivity index (χ3v) is 4.50. The van der Waals surface area contributed by atoms with Crippen LogP contribution in [0.3, 0.4) is 0 Å². The molecule has 4 heteroatoms. The zero-order chi connectivity index (χ0) is 16.0. The summed E-state index contributed by atoms with van der Waals surface area (Å²) in [5.41, 5.74) is 2.17. The summed E-state index contributed by atoms with van der Waals surface area (Å²) in [4.78, 5) is 11.7. The molecule has 1 rings (SSSR count). The van der Waals surface area contributed by atoms with Gasteiger partial charge >= 0.3 is 0 Å². The Hall–Kier alpha value is -1.00. The summed E-state index contributed by atoms with van der Waals surface area (Å²) >= 11 is 1.66. The normalized spacial score (nSPS) is 14.6. The third kappa shape index (κ3) is 6.10. The number of benzene rings is 1. The van der Waals surface area contributed by atoms with Crippen LogP contribution in [-0.2, 0) is 10.2 Å². The minimum absolute atomic E-state index is 0.0118. The van der Waals surface area contributed by atoms with Gasteiger partial charge in [-0.15, -0.1) is 0 Å². The van der Waals surface area contributed by atoms with Crippen molar-refractivity contribution >= 4 is 17.7 Å². The van der Waals surface area contributed by atoms with E-state index in [0.717, 1.165) is 5.56 Å². The quantitative estimate of drug-likeness (QED) is 0.848. The lowest BCUT2D eigenvalue weighted by Gasteiger charge is -2.20. The summed E-state index contributed by atoms with van der Waals surface area (Å²) in [5.74, 6) is -0.0118. The number of thioether (sulfide) groups is 1. The van der Waals surface area contributed by atoms with Crippen LogP contribution in [-0.4, -0.2) is 29.1 Å². The molecule has 0 heterocycles. The summed E-state index contributed by atoms with van der Waals surface area (Å²) in [5, 5.41) is 13.2. The molecule has 1 aromatic rings. The average Bonchev–Trinajstić information content (AvgIpc) is 2.43. The first-order valence-electron chi connectivity index (χ1n) is 7.32. The fourth-order valence-corrected chi connectivity index (χ4v) is 2.27. The summed E-state index contributed by atoms with van der Waals surface area (Å²) in [6.45, 7) is 8.75. The second kappa shape index (κ2) is 7.85. The second-order valence-electron chi connectivity index (χ2n) is 6.44. The van der Waals surface area contributed by atoms with E-state index in [1.165, 1.54) is 5.56 Å². The van der Waals surface area contributed by atoms with Crippen LogP contribution in [0.1, 0.15) is 51.3 Å².